The summed E-state index contributed by atoms with van der Waals surface area (Å²) >= 11 is 12.3. The average Bonchev–Trinajstić information content (AvgIpc) is 2.72. The number of halogens is 2. The molecule has 0 atom stereocenters. The van der Waals surface area contributed by atoms with Gasteiger partial charge in [0.1, 0.15) is 0 Å². The molecule has 0 aliphatic carbocycles. The molecular weight excluding hydrogens is 281 g/mol. The van der Waals surface area contributed by atoms with E-state index in [0.29, 0.717) is 11.6 Å². The average molecular weight is 298 g/mol. The highest BCUT2D eigenvalue weighted by Crippen LogP contribution is 2.23. The number of hydrogen-bond donors (Lipinski definition) is 1. The normalized spacial score (nSPS) is 10.7. The van der Waals surface area contributed by atoms with Gasteiger partial charge in [-0.1, -0.05) is 36.2 Å². The summed E-state index contributed by atoms with van der Waals surface area (Å²) in [5.41, 5.74) is 2.94. The van der Waals surface area contributed by atoms with Crippen LogP contribution in [0.5, 0.6) is 0 Å². The summed E-state index contributed by atoms with van der Waals surface area (Å²) in [5, 5.41) is 9.30. The maximum Gasteiger partial charge on any atom is 0.0868 e. The molecule has 1 aromatic heterocycles. The Labute approximate surface area is 123 Å². The molecule has 5 heteroatoms. The molecule has 1 heterocycles. The van der Waals surface area contributed by atoms with Crippen molar-refractivity contribution in [1.29, 1.82) is 0 Å². The van der Waals surface area contributed by atoms with Gasteiger partial charge in [-0.2, -0.15) is 5.10 Å². The third-order valence-electron chi connectivity index (χ3n) is 2.98. The Kier molecular flexibility index (Phi) is 4.72. The van der Waals surface area contributed by atoms with Gasteiger partial charge in [0.15, 0.2) is 0 Å². The minimum absolute atomic E-state index is 0.639. The lowest BCUT2D eigenvalue weighted by Gasteiger charge is -2.09. The zero-order chi connectivity index (χ0) is 13.8. The number of anilines is 1. The van der Waals surface area contributed by atoms with Crippen LogP contribution in [0.2, 0.25) is 10.0 Å². The molecule has 3 nitrogen and oxygen atoms in total. The van der Waals surface area contributed by atoms with E-state index in [4.69, 9.17) is 23.2 Å². The maximum atomic E-state index is 6.36. The van der Waals surface area contributed by atoms with Crippen molar-refractivity contribution in [3.8, 4) is 0 Å². The fraction of sp³-hybridized carbons (Fsp3) is 0.357. The largest absolute Gasteiger partial charge is 0.379 e. The molecule has 1 aromatic carbocycles. The first-order valence-electron chi connectivity index (χ1n) is 6.39. The summed E-state index contributed by atoms with van der Waals surface area (Å²) in [6.45, 7) is 5.57. The second-order valence-electron chi connectivity index (χ2n) is 4.24. The Morgan fingerprint density at radius 3 is 2.68 bits per heavy atom. The van der Waals surface area contributed by atoms with Crippen LogP contribution in [0.4, 0.5) is 5.69 Å². The van der Waals surface area contributed by atoms with Crippen LogP contribution in [0.15, 0.2) is 24.3 Å². The van der Waals surface area contributed by atoms with Crippen LogP contribution in [0, 0.1) is 0 Å². The predicted octanol–water partition coefficient (Wildman–Crippen LogP) is 4.38. The summed E-state index contributed by atoms with van der Waals surface area (Å²) in [6.07, 6.45) is 0.843. The Bertz CT molecular complexity index is 564. The molecule has 102 valence electrons. The molecule has 19 heavy (non-hydrogen) atoms. The number of aromatic nitrogens is 2. The first-order chi connectivity index (χ1) is 9.15. The van der Waals surface area contributed by atoms with Crippen molar-refractivity contribution >= 4 is 28.9 Å². The highest BCUT2D eigenvalue weighted by molar-refractivity contribution is 6.32. The van der Waals surface area contributed by atoms with E-state index in [1.807, 2.05) is 28.9 Å². The van der Waals surface area contributed by atoms with Crippen molar-refractivity contribution in [2.75, 3.05) is 5.32 Å². The van der Waals surface area contributed by atoms with Crippen molar-refractivity contribution in [1.82, 2.24) is 9.78 Å². The van der Waals surface area contributed by atoms with Crippen LogP contribution in [-0.2, 0) is 19.5 Å². The van der Waals surface area contributed by atoms with Gasteiger partial charge < -0.3 is 5.32 Å². The van der Waals surface area contributed by atoms with Gasteiger partial charge in [0.2, 0.25) is 0 Å². The molecule has 0 unspecified atom stereocenters. The van der Waals surface area contributed by atoms with Crippen LogP contribution in [0.1, 0.15) is 25.2 Å². The van der Waals surface area contributed by atoms with E-state index < -0.39 is 0 Å². The van der Waals surface area contributed by atoms with E-state index in [0.717, 1.165) is 35.1 Å². The molecule has 0 aliphatic rings. The fourth-order valence-electron chi connectivity index (χ4n) is 1.97. The molecule has 0 saturated heterocycles. The van der Waals surface area contributed by atoms with Gasteiger partial charge in [0, 0.05) is 17.3 Å². The van der Waals surface area contributed by atoms with E-state index in [1.54, 1.807) is 0 Å². The molecule has 0 amide bonds. The zero-order valence-electron chi connectivity index (χ0n) is 11.1. The SMILES string of the molecule is CCc1nn(CC)c(CNc2cccc(Cl)c2)c1Cl. The second kappa shape index (κ2) is 6.31. The van der Waals surface area contributed by atoms with Crippen LogP contribution >= 0.6 is 23.2 Å². The van der Waals surface area contributed by atoms with Gasteiger partial charge in [-0.15, -0.1) is 0 Å². The van der Waals surface area contributed by atoms with Crippen LogP contribution in [-0.4, -0.2) is 9.78 Å². The molecule has 2 aromatic rings. The Morgan fingerprint density at radius 1 is 1.26 bits per heavy atom. The Morgan fingerprint density at radius 2 is 2.05 bits per heavy atom. The molecule has 0 fully saturated rings. The van der Waals surface area contributed by atoms with Gasteiger partial charge >= 0.3 is 0 Å². The minimum atomic E-state index is 0.639. The van der Waals surface area contributed by atoms with Gasteiger partial charge in [-0.3, -0.25) is 4.68 Å². The molecule has 0 radical (unpaired) electrons. The van der Waals surface area contributed by atoms with Crippen LogP contribution in [0.25, 0.3) is 0 Å². The van der Waals surface area contributed by atoms with Crippen molar-refractivity contribution in [3.05, 3.63) is 45.7 Å². The Hall–Kier alpha value is -1.19. The monoisotopic (exact) mass is 297 g/mol. The summed E-state index contributed by atoms with van der Waals surface area (Å²) in [4.78, 5) is 0. The number of benzene rings is 1. The third-order valence-corrected chi connectivity index (χ3v) is 3.65. The molecule has 0 bridgehead atoms. The summed E-state index contributed by atoms with van der Waals surface area (Å²) in [7, 11) is 0. The van der Waals surface area contributed by atoms with Gasteiger partial charge in [-0.05, 0) is 31.5 Å². The summed E-state index contributed by atoms with van der Waals surface area (Å²) in [6, 6.07) is 7.64. The topological polar surface area (TPSA) is 29.9 Å². The lowest BCUT2D eigenvalue weighted by molar-refractivity contribution is 0.619. The molecule has 1 N–H and O–H groups in total. The van der Waals surface area contributed by atoms with Crippen molar-refractivity contribution in [3.63, 3.8) is 0 Å². The van der Waals surface area contributed by atoms with Gasteiger partial charge in [0.25, 0.3) is 0 Å². The van der Waals surface area contributed by atoms with E-state index >= 15 is 0 Å². The van der Waals surface area contributed by atoms with Gasteiger partial charge in [0.05, 0.1) is 23.0 Å². The number of hydrogen-bond acceptors (Lipinski definition) is 2. The first kappa shape index (κ1) is 14.2. The molecule has 0 saturated carbocycles. The minimum Gasteiger partial charge on any atom is -0.379 e. The quantitative estimate of drug-likeness (QED) is 0.887. The zero-order valence-corrected chi connectivity index (χ0v) is 12.6. The lowest BCUT2D eigenvalue weighted by atomic mass is 10.2. The van der Waals surface area contributed by atoms with Crippen LogP contribution in [0.3, 0.4) is 0 Å². The maximum absolute atomic E-state index is 6.36. The molecular formula is C14H17Cl2N3. The highest BCUT2D eigenvalue weighted by atomic mass is 35.5. The number of aryl methyl sites for hydroxylation is 2. The summed E-state index contributed by atoms with van der Waals surface area (Å²) in [5.74, 6) is 0. The smallest absolute Gasteiger partial charge is 0.0868 e. The first-order valence-corrected chi connectivity index (χ1v) is 7.14. The third kappa shape index (κ3) is 3.23. The number of nitrogens with one attached hydrogen (secondary N) is 1. The number of rotatable bonds is 5. The molecule has 2 rings (SSSR count). The second-order valence-corrected chi connectivity index (χ2v) is 5.05. The number of nitrogens with zero attached hydrogens (tertiary/aromatic N) is 2. The summed E-state index contributed by atoms with van der Waals surface area (Å²) < 4.78 is 1.94. The standard InChI is InChI=1S/C14H17Cl2N3/c1-3-12-14(16)13(19(4-2)18-12)9-17-11-7-5-6-10(15)8-11/h5-8,17H,3-4,9H2,1-2H3. The predicted molar refractivity (Wildman–Crippen MR) is 81.1 cm³/mol. The van der Waals surface area contributed by atoms with Gasteiger partial charge in [-0.25, -0.2) is 0 Å². The molecule has 0 spiro atoms. The van der Waals surface area contributed by atoms with Crippen molar-refractivity contribution in [2.45, 2.75) is 33.4 Å². The van der Waals surface area contributed by atoms with E-state index in [2.05, 4.69) is 24.3 Å². The Balaban J connectivity index is 2.17. The van der Waals surface area contributed by atoms with Crippen LogP contribution < -0.4 is 5.32 Å². The van der Waals surface area contributed by atoms with E-state index in [1.165, 1.54) is 0 Å². The van der Waals surface area contributed by atoms with E-state index in [-0.39, 0.29) is 0 Å². The molecule has 0 aliphatic heterocycles. The fourth-order valence-corrected chi connectivity index (χ4v) is 2.50. The highest BCUT2D eigenvalue weighted by Gasteiger charge is 2.13. The van der Waals surface area contributed by atoms with Crippen molar-refractivity contribution < 1.29 is 0 Å². The van der Waals surface area contributed by atoms with E-state index in [9.17, 15) is 0 Å². The van der Waals surface area contributed by atoms with Crippen molar-refractivity contribution in [2.24, 2.45) is 0 Å². The lowest BCUT2D eigenvalue weighted by Crippen LogP contribution is -2.08.